The largest absolute Gasteiger partial charge is 0.492 e. The van der Waals surface area contributed by atoms with Crippen molar-refractivity contribution in [2.75, 3.05) is 46.4 Å². The molecule has 1 aromatic carbocycles. The highest BCUT2D eigenvalue weighted by molar-refractivity contribution is 6.30. The molecule has 1 heterocycles. The molecule has 0 unspecified atom stereocenters. The minimum Gasteiger partial charge on any atom is -0.492 e. The minimum absolute atomic E-state index is 0. The Balaban J connectivity index is 0.00000364. The number of nitrogens with one attached hydrogen (secondary N) is 1. The number of halogens is 2. The quantitative estimate of drug-likeness (QED) is 0.593. The Morgan fingerprint density at radius 2 is 1.93 bits per heavy atom. The van der Waals surface area contributed by atoms with E-state index < -0.39 is 5.97 Å². The van der Waals surface area contributed by atoms with E-state index in [1.807, 2.05) is 11.9 Å². The predicted molar refractivity (Wildman–Crippen MR) is 107 cm³/mol. The lowest BCUT2D eigenvalue weighted by Gasteiger charge is -2.35. The Hall–Kier alpha value is -1.54. The van der Waals surface area contributed by atoms with Crippen molar-refractivity contribution in [2.45, 2.75) is 18.9 Å². The summed E-state index contributed by atoms with van der Waals surface area (Å²) < 4.78 is 5.53. The highest BCUT2D eigenvalue weighted by Gasteiger charge is 2.24. The number of rotatable bonds is 9. The molecule has 1 aliphatic heterocycles. The van der Waals surface area contributed by atoms with E-state index in [9.17, 15) is 9.59 Å². The number of carboxylic acid groups (broad SMARTS) is 1. The Bertz CT molecular complexity index is 593. The first-order chi connectivity index (χ1) is 12.4. The molecule has 1 fully saturated rings. The first-order valence-corrected chi connectivity index (χ1v) is 9.11. The lowest BCUT2D eigenvalue weighted by Crippen LogP contribution is -2.47. The number of ether oxygens (including phenoxy) is 1. The molecule has 0 saturated carbocycles. The van der Waals surface area contributed by atoms with Crippen LogP contribution < -0.4 is 10.1 Å². The zero-order valence-corrected chi connectivity index (χ0v) is 17.0. The number of benzene rings is 1. The lowest BCUT2D eigenvalue weighted by atomic mass is 10.0. The number of amides is 1. The predicted octanol–water partition coefficient (Wildman–Crippen LogP) is 1.74. The third-order valence-electron chi connectivity index (χ3n) is 4.44. The summed E-state index contributed by atoms with van der Waals surface area (Å²) in [5, 5.41) is 12.4. The van der Waals surface area contributed by atoms with Crippen molar-refractivity contribution in [3.05, 3.63) is 29.3 Å². The molecule has 152 valence electrons. The van der Waals surface area contributed by atoms with E-state index in [1.165, 1.54) is 0 Å². The van der Waals surface area contributed by atoms with Crippen LogP contribution in [0, 0.1) is 0 Å². The molecule has 1 amide bonds. The lowest BCUT2D eigenvalue weighted by molar-refractivity contribution is -0.138. The van der Waals surface area contributed by atoms with Crippen molar-refractivity contribution < 1.29 is 19.4 Å². The molecule has 0 atom stereocenters. The van der Waals surface area contributed by atoms with Crippen LogP contribution in [-0.4, -0.2) is 79.2 Å². The number of likely N-dealkylation sites (N-methyl/N-ethyl adjacent to an activating group) is 1. The maximum atomic E-state index is 12.0. The summed E-state index contributed by atoms with van der Waals surface area (Å²) in [5.74, 6) is -0.117. The Labute approximate surface area is 171 Å². The molecule has 7 nitrogen and oxygen atoms in total. The van der Waals surface area contributed by atoms with E-state index >= 15 is 0 Å². The summed E-state index contributed by atoms with van der Waals surface area (Å²) in [6.45, 7) is 2.84. The number of carbonyl (C=O) groups excluding carboxylic acids is 1. The molecule has 2 N–H and O–H groups in total. The molecular weight excluding hydrogens is 393 g/mol. The van der Waals surface area contributed by atoms with Gasteiger partial charge >= 0.3 is 5.97 Å². The van der Waals surface area contributed by atoms with E-state index in [2.05, 4.69) is 10.2 Å². The van der Waals surface area contributed by atoms with Crippen LogP contribution in [0.4, 0.5) is 0 Å². The van der Waals surface area contributed by atoms with Crippen LogP contribution in [0.2, 0.25) is 5.02 Å². The molecule has 0 aromatic heterocycles. The summed E-state index contributed by atoms with van der Waals surface area (Å²) >= 11 is 5.81. The van der Waals surface area contributed by atoms with Crippen molar-refractivity contribution >= 4 is 35.9 Å². The van der Waals surface area contributed by atoms with Crippen LogP contribution in [0.1, 0.15) is 12.8 Å². The summed E-state index contributed by atoms with van der Waals surface area (Å²) in [5.41, 5.74) is 0. The van der Waals surface area contributed by atoms with Gasteiger partial charge in [0, 0.05) is 24.2 Å². The fraction of sp³-hybridized carbons (Fsp3) is 0.556. The number of carbonyl (C=O) groups is 2. The van der Waals surface area contributed by atoms with Gasteiger partial charge in [0.05, 0.1) is 19.6 Å². The van der Waals surface area contributed by atoms with Crippen LogP contribution in [0.3, 0.4) is 0 Å². The van der Waals surface area contributed by atoms with Gasteiger partial charge in [0.15, 0.2) is 0 Å². The number of hydrogen-bond acceptors (Lipinski definition) is 5. The number of nitrogens with zero attached hydrogens (tertiary/aromatic N) is 2. The van der Waals surface area contributed by atoms with Gasteiger partial charge in [0.25, 0.3) is 0 Å². The Kier molecular flexibility index (Phi) is 10.5. The maximum absolute atomic E-state index is 12.0. The van der Waals surface area contributed by atoms with Crippen molar-refractivity contribution in [3.63, 3.8) is 0 Å². The van der Waals surface area contributed by atoms with Gasteiger partial charge in [0.2, 0.25) is 5.91 Å². The third-order valence-corrected chi connectivity index (χ3v) is 4.69. The summed E-state index contributed by atoms with van der Waals surface area (Å²) in [6.07, 6.45) is 1.74. The van der Waals surface area contributed by atoms with Gasteiger partial charge in [-0.15, -0.1) is 12.4 Å². The Morgan fingerprint density at radius 1 is 1.30 bits per heavy atom. The number of aliphatic carboxylic acids is 1. The molecule has 0 spiro atoms. The van der Waals surface area contributed by atoms with E-state index in [0.29, 0.717) is 24.7 Å². The first kappa shape index (κ1) is 23.5. The van der Waals surface area contributed by atoms with E-state index in [-0.39, 0.29) is 30.9 Å². The summed E-state index contributed by atoms with van der Waals surface area (Å²) in [7, 11) is 1.84. The van der Waals surface area contributed by atoms with Crippen LogP contribution >= 0.6 is 24.0 Å². The molecule has 1 aliphatic rings. The van der Waals surface area contributed by atoms with Gasteiger partial charge in [-0.25, -0.2) is 0 Å². The van der Waals surface area contributed by atoms with Crippen LogP contribution in [0.25, 0.3) is 0 Å². The van der Waals surface area contributed by atoms with Gasteiger partial charge in [-0.3, -0.25) is 19.4 Å². The zero-order chi connectivity index (χ0) is 18.9. The van der Waals surface area contributed by atoms with Crippen LogP contribution in [0.5, 0.6) is 5.75 Å². The Morgan fingerprint density at radius 3 is 2.52 bits per heavy atom. The fourth-order valence-corrected chi connectivity index (χ4v) is 3.14. The highest BCUT2D eigenvalue weighted by Crippen LogP contribution is 2.16. The average Bonchev–Trinajstić information content (AvgIpc) is 2.60. The van der Waals surface area contributed by atoms with Gasteiger partial charge in [-0.05, 0) is 44.2 Å². The van der Waals surface area contributed by atoms with E-state index in [1.54, 1.807) is 24.3 Å². The first-order valence-electron chi connectivity index (χ1n) is 8.73. The minimum atomic E-state index is -0.810. The summed E-state index contributed by atoms with van der Waals surface area (Å²) in [4.78, 5) is 26.8. The fourth-order valence-electron chi connectivity index (χ4n) is 3.01. The monoisotopic (exact) mass is 419 g/mol. The zero-order valence-electron chi connectivity index (χ0n) is 15.4. The molecule has 0 radical (unpaired) electrons. The van der Waals surface area contributed by atoms with Crippen LogP contribution in [-0.2, 0) is 9.59 Å². The molecule has 1 aromatic rings. The topological polar surface area (TPSA) is 82.1 Å². The van der Waals surface area contributed by atoms with Gasteiger partial charge < -0.3 is 15.2 Å². The number of piperidine rings is 1. The van der Waals surface area contributed by atoms with Gasteiger partial charge in [-0.1, -0.05) is 11.6 Å². The van der Waals surface area contributed by atoms with Gasteiger partial charge in [-0.2, -0.15) is 0 Å². The standard InChI is InChI=1S/C18H26ClN3O4.ClH/c1-21(13-18(24)25)15-6-9-22(10-7-15)12-17(23)20-8-11-26-16-4-2-14(19)3-5-16;/h2-5,15H,6-13H2,1H3,(H,20,23)(H,24,25);1H. The van der Waals surface area contributed by atoms with E-state index in [0.717, 1.165) is 31.7 Å². The normalized spacial score (nSPS) is 15.2. The molecule has 0 bridgehead atoms. The second-order valence-corrected chi connectivity index (χ2v) is 6.90. The third kappa shape index (κ3) is 8.79. The molecule has 0 aliphatic carbocycles. The summed E-state index contributed by atoms with van der Waals surface area (Å²) in [6, 6.07) is 7.35. The SMILES string of the molecule is CN(CC(=O)O)C1CCN(CC(=O)NCCOc2ccc(Cl)cc2)CC1.Cl. The molecule has 2 rings (SSSR count). The molecule has 9 heteroatoms. The number of hydrogen-bond donors (Lipinski definition) is 2. The van der Waals surface area contributed by atoms with Crippen molar-refractivity contribution in [1.29, 1.82) is 0 Å². The highest BCUT2D eigenvalue weighted by atomic mass is 35.5. The molecule has 27 heavy (non-hydrogen) atoms. The van der Waals surface area contributed by atoms with Crippen molar-refractivity contribution in [2.24, 2.45) is 0 Å². The molecule has 1 saturated heterocycles. The van der Waals surface area contributed by atoms with Crippen LogP contribution in [0.15, 0.2) is 24.3 Å². The van der Waals surface area contributed by atoms with E-state index in [4.69, 9.17) is 21.4 Å². The van der Waals surface area contributed by atoms with Gasteiger partial charge in [0.1, 0.15) is 12.4 Å². The van der Waals surface area contributed by atoms with Crippen molar-refractivity contribution in [3.8, 4) is 5.75 Å². The second kappa shape index (κ2) is 12.0. The van der Waals surface area contributed by atoms with Crippen molar-refractivity contribution in [1.82, 2.24) is 15.1 Å². The molecular formula is C18H27Cl2N3O4. The number of likely N-dealkylation sites (tertiary alicyclic amines) is 1. The average molecular weight is 420 g/mol. The number of carboxylic acids is 1. The smallest absolute Gasteiger partial charge is 0.317 e. The maximum Gasteiger partial charge on any atom is 0.317 e. The second-order valence-electron chi connectivity index (χ2n) is 6.47.